The fraction of sp³-hybridized carbons (Fsp3) is 0.762. The summed E-state index contributed by atoms with van der Waals surface area (Å²) >= 11 is 0. The molecule has 2 fully saturated rings. The van der Waals surface area contributed by atoms with Crippen LogP contribution in [0.2, 0.25) is 0 Å². The zero-order chi connectivity index (χ0) is 15.5. The zero-order valence-electron chi connectivity index (χ0n) is 14.4. The van der Waals surface area contributed by atoms with Gasteiger partial charge in [-0.3, -0.25) is 0 Å². The Morgan fingerprint density at radius 1 is 1.14 bits per heavy atom. The van der Waals surface area contributed by atoms with E-state index in [-0.39, 0.29) is 0 Å². The van der Waals surface area contributed by atoms with Crippen molar-refractivity contribution in [2.45, 2.75) is 65.7 Å². The average Bonchev–Trinajstić information content (AvgIpc) is 2.82. The Kier molecular flexibility index (Phi) is 3.13. The number of hydrogen-bond donors (Lipinski definition) is 0. The molecule has 2 saturated carbocycles. The highest BCUT2D eigenvalue weighted by Crippen LogP contribution is 2.65. The molecule has 22 heavy (non-hydrogen) atoms. The van der Waals surface area contributed by atoms with Gasteiger partial charge in [0.05, 0.1) is 6.07 Å². The number of nitrogens with zero attached hydrogens (tertiary/aromatic N) is 1. The van der Waals surface area contributed by atoms with E-state index in [0.29, 0.717) is 10.8 Å². The molecular weight excluding hydrogens is 266 g/mol. The van der Waals surface area contributed by atoms with E-state index in [1.807, 2.05) is 0 Å². The van der Waals surface area contributed by atoms with Crippen molar-refractivity contribution in [1.29, 1.82) is 5.26 Å². The van der Waals surface area contributed by atoms with Crippen LogP contribution in [0.4, 0.5) is 0 Å². The van der Waals surface area contributed by atoms with Gasteiger partial charge in [0.25, 0.3) is 0 Å². The highest BCUT2D eigenvalue weighted by Gasteiger charge is 2.57. The van der Waals surface area contributed by atoms with Crippen molar-refractivity contribution in [1.82, 2.24) is 0 Å². The van der Waals surface area contributed by atoms with E-state index in [1.54, 1.807) is 0 Å². The van der Waals surface area contributed by atoms with Gasteiger partial charge in [-0.25, -0.2) is 0 Å². The largest absolute Gasteiger partial charge is 0.193 e. The van der Waals surface area contributed by atoms with E-state index < -0.39 is 0 Å². The topological polar surface area (TPSA) is 23.8 Å². The van der Waals surface area contributed by atoms with Crippen LogP contribution in [0.1, 0.15) is 65.7 Å². The van der Waals surface area contributed by atoms with Gasteiger partial charge in [-0.05, 0) is 91.1 Å². The van der Waals surface area contributed by atoms with E-state index in [2.05, 4.69) is 39.0 Å². The number of fused-ring (bicyclic) bond motifs is 5. The molecule has 0 N–H and O–H groups in total. The molecule has 0 aliphatic heterocycles. The second-order valence-corrected chi connectivity index (χ2v) is 8.99. The Labute approximate surface area is 135 Å². The summed E-state index contributed by atoms with van der Waals surface area (Å²) in [5.74, 6) is 3.60. The molecule has 0 bridgehead atoms. The van der Waals surface area contributed by atoms with Gasteiger partial charge in [0, 0.05) is 5.57 Å². The van der Waals surface area contributed by atoms with Crippen molar-refractivity contribution in [2.24, 2.45) is 34.5 Å². The Hall–Kier alpha value is -1.03. The molecule has 0 aromatic carbocycles. The Balaban J connectivity index is 1.71. The Morgan fingerprint density at radius 3 is 2.73 bits per heavy atom. The lowest BCUT2D eigenvalue weighted by Crippen LogP contribution is -2.48. The third kappa shape index (κ3) is 1.76. The maximum atomic E-state index is 9.24. The van der Waals surface area contributed by atoms with Crippen molar-refractivity contribution in [2.75, 3.05) is 0 Å². The van der Waals surface area contributed by atoms with Crippen molar-refractivity contribution >= 4 is 0 Å². The fourth-order valence-electron chi connectivity index (χ4n) is 6.68. The van der Waals surface area contributed by atoms with E-state index >= 15 is 0 Å². The normalized spacial score (nSPS) is 50.1. The Morgan fingerprint density at radius 2 is 1.95 bits per heavy atom. The van der Waals surface area contributed by atoms with Gasteiger partial charge in [-0.2, -0.15) is 5.26 Å². The van der Waals surface area contributed by atoms with Crippen molar-refractivity contribution < 1.29 is 0 Å². The molecule has 0 spiro atoms. The van der Waals surface area contributed by atoms with E-state index in [1.165, 1.54) is 44.1 Å². The third-order valence-electron chi connectivity index (χ3n) is 8.39. The molecule has 0 aromatic heterocycles. The third-order valence-corrected chi connectivity index (χ3v) is 8.39. The minimum atomic E-state index is 0.344. The molecule has 4 unspecified atom stereocenters. The minimum absolute atomic E-state index is 0.344. The highest BCUT2D eigenvalue weighted by atomic mass is 14.6. The molecule has 4 rings (SSSR count). The number of allylic oxidation sites excluding steroid dienone is 4. The van der Waals surface area contributed by atoms with Gasteiger partial charge < -0.3 is 0 Å². The molecule has 0 heterocycles. The van der Waals surface area contributed by atoms with Crippen LogP contribution in [0, 0.1) is 45.8 Å². The average molecular weight is 295 g/mol. The van der Waals surface area contributed by atoms with Crippen LogP contribution in [-0.4, -0.2) is 0 Å². The van der Waals surface area contributed by atoms with Gasteiger partial charge in [-0.1, -0.05) is 26.8 Å². The SMILES string of the molecule is CC1CCC2C3CC=C4C=C(C#N)CC[C@]4(C)C3CC[C@]12C. The zero-order valence-corrected chi connectivity index (χ0v) is 14.4. The minimum Gasteiger partial charge on any atom is -0.193 e. The molecule has 0 radical (unpaired) electrons. The first-order chi connectivity index (χ1) is 10.5. The molecule has 0 amide bonds. The number of rotatable bonds is 0. The van der Waals surface area contributed by atoms with Crippen LogP contribution in [0.25, 0.3) is 0 Å². The van der Waals surface area contributed by atoms with Crippen LogP contribution in [0.3, 0.4) is 0 Å². The maximum Gasteiger partial charge on any atom is 0.0947 e. The molecule has 118 valence electrons. The Bertz CT molecular complexity index is 592. The number of hydrogen-bond acceptors (Lipinski definition) is 1. The lowest BCUT2D eigenvalue weighted by molar-refractivity contribution is -0.0328. The molecule has 4 aliphatic rings. The molecule has 0 aromatic rings. The first kappa shape index (κ1) is 14.6. The second-order valence-electron chi connectivity index (χ2n) is 8.99. The van der Waals surface area contributed by atoms with Crippen LogP contribution >= 0.6 is 0 Å². The number of nitriles is 1. The van der Waals surface area contributed by atoms with Gasteiger partial charge in [0.15, 0.2) is 0 Å². The highest BCUT2D eigenvalue weighted by molar-refractivity contribution is 5.41. The van der Waals surface area contributed by atoms with Crippen LogP contribution < -0.4 is 0 Å². The van der Waals surface area contributed by atoms with Crippen LogP contribution in [-0.2, 0) is 0 Å². The monoisotopic (exact) mass is 295 g/mol. The quantitative estimate of drug-likeness (QED) is 0.567. The van der Waals surface area contributed by atoms with Crippen molar-refractivity contribution in [3.05, 3.63) is 23.3 Å². The molecular formula is C21H29N. The first-order valence-corrected chi connectivity index (χ1v) is 9.30. The molecule has 4 aliphatic carbocycles. The summed E-state index contributed by atoms with van der Waals surface area (Å²) < 4.78 is 0. The fourth-order valence-corrected chi connectivity index (χ4v) is 6.68. The van der Waals surface area contributed by atoms with E-state index in [0.717, 1.165) is 35.7 Å². The predicted octanol–water partition coefficient (Wildman–Crippen LogP) is 5.65. The molecule has 1 nitrogen and oxygen atoms in total. The summed E-state index contributed by atoms with van der Waals surface area (Å²) in [5.41, 5.74) is 3.44. The predicted molar refractivity (Wildman–Crippen MR) is 89.9 cm³/mol. The molecule has 1 heteroatoms. The lowest BCUT2D eigenvalue weighted by Gasteiger charge is -2.56. The van der Waals surface area contributed by atoms with Crippen LogP contribution in [0.5, 0.6) is 0 Å². The standard InChI is InChI=1S/C21H29N/c1-14-4-7-18-17-6-5-16-12-15(13-22)8-10-21(16,3)19(17)9-11-20(14,18)2/h5,12,14,17-19H,4,6-11H2,1-3H3/t14?,17?,18?,19?,20-,21+/m1/s1. The van der Waals surface area contributed by atoms with Gasteiger partial charge in [-0.15, -0.1) is 0 Å². The van der Waals surface area contributed by atoms with Crippen molar-refractivity contribution in [3.8, 4) is 6.07 Å². The maximum absolute atomic E-state index is 9.24. The van der Waals surface area contributed by atoms with Crippen LogP contribution in [0.15, 0.2) is 23.3 Å². The molecule has 6 atom stereocenters. The van der Waals surface area contributed by atoms with Gasteiger partial charge in [0.1, 0.15) is 0 Å². The summed E-state index contributed by atoms with van der Waals surface area (Å²) in [6.07, 6.45) is 13.9. The van der Waals surface area contributed by atoms with E-state index in [4.69, 9.17) is 0 Å². The summed E-state index contributed by atoms with van der Waals surface area (Å²) in [6.45, 7) is 7.58. The van der Waals surface area contributed by atoms with E-state index in [9.17, 15) is 5.26 Å². The summed E-state index contributed by atoms with van der Waals surface area (Å²) in [7, 11) is 0. The summed E-state index contributed by atoms with van der Waals surface area (Å²) in [5, 5.41) is 9.24. The first-order valence-electron chi connectivity index (χ1n) is 9.30. The lowest BCUT2D eigenvalue weighted by atomic mass is 9.48. The van der Waals surface area contributed by atoms with Crippen molar-refractivity contribution in [3.63, 3.8) is 0 Å². The van der Waals surface area contributed by atoms with Gasteiger partial charge in [0.2, 0.25) is 0 Å². The summed E-state index contributed by atoms with van der Waals surface area (Å²) in [4.78, 5) is 0. The second kappa shape index (κ2) is 4.73. The smallest absolute Gasteiger partial charge is 0.0947 e. The van der Waals surface area contributed by atoms with Gasteiger partial charge >= 0.3 is 0 Å². The molecule has 0 saturated heterocycles. The summed E-state index contributed by atoms with van der Waals surface area (Å²) in [6, 6.07) is 2.40.